The Labute approximate surface area is 118 Å². The number of anilines is 1. The number of aromatic nitrogens is 2. The predicted octanol–water partition coefficient (Wildman–Crippen LogP) is 2.63. The molecule has 4 nitrogen and oxygen atoms in total. The standard InChI is InChI=1S/C15H21FN4/c1-11(19-7-3-2-4-8-19)10-20-14-9-12(16)5-6-13(14)18-15(20)17/h5-6,9,11H,2-4,7-8,10H2,1H3,(H2,17,18). The number of likely N-dealkylation sites (tertiary alicyclic amines) is 1. The molecule has 1 aromatic carbocycles. The molecule has 5 heteroatoms. The molecule has 1 fully saturated rings. The third kappa shape index (κ3) is 2.50. The lowest BCUT2D eigenvalue weighted by atomic mass is 10.1. The highest BCUT2D eigenvalue weighted by Crippen LogP contribution is 2.21. The molecule has 0 radical (unpaired) electrons. The zero-order chi connectivity index (χ0) is 14.1. The molecular formula is C15H21FN4. The number of halogens is 1. The van der Waals surface area contributed by atoms with E-state index in [1.165, 1.54) is 31.4 Å². The third-order valence-electron chi connectivity index (χ3n) is 4.20. The van der Waals surface area contributed by atoms with Crippen LogP contribution in [0.25, 0.3) is 11.0 Å². The Morgan fingerprint density at radius 2 is 2.05 bits per heavy atom. The number of imidazole rings is 1. The highest BCUT2D eigenvalue weighted by Gasteiger charge is 2.19. The average molecular weight is 276 g/mol. The maximum atomic E-state index is 13.4. The minimum atomic E-state index is -0.246. The molecule has 1 aromatic heterocycles. The smallest absolute Gasteiger partial charge is 0.201 e. The number of hydrogen-bond donors (Lipinski definition) is 1. The molecular weight excluding hydrogens is 255 g/mol. The Kier molecular flexibility index (Phi) is 3.61. The largest absolute Gasteiger partial charge is 0.369 e. The van der Waals surface area contributed by atoms with Gasteiger partial charge in [-0.05, 0) is 51.1 Å². The van der Waals surface area contributed by atoms with Gasteiger partial charge in [-0.25, -0.2) is 9.37 Å². The van der Waals surface area contributed by atoms with E-state index in [0.717, 1.165) is 30.7 Å². The van der Waals surface area contributed by atoms with Gasteiger partial charge < -0.3 is 10.3 Å². The van der Waals surface area contributed by atoms with E-state index in [9.17, 15) is 4.39 Å². The fourth-order valence-corrected chi connectivity index (χ4v) is 3.05. The highest BCUT2D eigenvalue weighted by molar-refractivity contribution is 5.78. The van der Waals surface area contributed by atoms with Crippen molar-refractivity contribution in [3.05, 3.63) is 24.0 Å². The summed E-state index contributed by atoms with van der Waals surface area (Å²) in [7, 11) is 0. The van der Waals surface area contributed by atoms with Crippen LogP contribution in [0.1, 0.15) is 26.2 Å². The van der Waals surface area contributed by atoms with Gasteiger partial charge in [0.25, 0.3) is 0 Å². The minimum Gasteiger partial charge on any atom is -0.369 e. The van der Waals surface area contributed by atoms with Crippen LogP contribution in [0.3, 0.4) is 0 Å². The van der Waals surface area contributed by atoms with Crippen molar-refractivity contribution < 1.29 is 4.39 Å². The van der Waals surface area contributed by atoms with Crippen molar-refractivity contribution in [1.82, 2.24) is 14.5 Å². The first-order valence-electron chi connectivity index (χ1n) is 7.30. The molecule has 2 N–H and O–H groups in total. The summed E-state index contributed by atoms with van der Waals surface area (Å²) < 4.78 is 15.4. The van der Waals surface area contributed by atoms with Gasteiger partial charge in [0, 0.05) is 12.6 Å². The van der Waals surface area contributed by atoms with Crippen LogP contribution < -0.4 is 5.73 Å². The Balaban J connectivity index is 1.85. The van der Waals surface area contributed by atoms with Crippen molar-refractivity contribution in [3.8, 4) is 0 Å². The first kappa shape index (κ1) is 13.4. The van der Waals surface area contributed by atoms with E-state index >= 15 is 0 Å². The normalized spacial score (nSPS) is 18.5. The zero-order valence-corrected chi connectivity index (χ0v) is 11.8. The molecule has 0 bridgehead atoms. The first-order chi connectivity index (χ1) is 9.65. The van der Waals surface area contributed by atoms with Crippen LogP contribution in [0.15, 0.2) is 18.2 Å². The summed E-state index contributed by atoms with van der Waals surface area (Å²) in [6, 6.07) is 5.01. The van der Waals surface area contributed by atoms with Crippen molar-refractivity contribution in [2.45, 2.75) is 38.8 Å². The summed E-state index contributed by atoms with van der Waals surface area (Å²) >= 11 is 0. The minimum absolute atomic E-state index is 0.246. The number of rotatable bonds is 3. The van der Waals surface area contributed by atoms with E-state index in [0.29, 0.717) is 12.0 Å². The molecule has 1 aliphatic rings. The first-order valence-corrected chi connectivity index (χ1v) is 7.30. The van der Waals surface area contributed by atoms with Gasteiger partial charge in [-0.2, -0.15) is 0 Å². The Morgan fingerprint density at radius 1 is 1.30 bits per heavy atom. The molecule has 108 valence electrons. The molecule has 0 saturated carbocycles. The monoisotopic (exact) mass is 276 g/mol. The van der Waals surface area contributed by atoms with Crippen molar-refractivity contribution in [2.24, 2.45) is 0 Å². The molecule has 1 aliphatic heterocycles. The van der Waals surface area contributed by atoms with E-state index in [2.05, 4.69) is 16.8 Å². The summed E-state index contributed by atoms with van der Waals surface area (Å²) in [6.45, 7) is 5.24. The van der Waals surface area contributed by atoms with Gasteiger partial charge in [0.1, 0.15) is 5.82 Å². The van der Waals surface area contributed by atoms with Crippen molar-refractivity contribution >= 4 is 17.0 Å². The second-order valence-corrected chi connectivity index (χ2v) is 5.66. The number of fused-ring (bicyclic) bond motifs is 1. The fraction of sp³-hybridized carbons (Fsp3) is 0.533. The van der Waals surface area contributed by atoms with Crippen molar-refractivity contribution in [3.63, 3.8) is 0 Å². The van der Waals surface area contributed by atoms with Crippen LogP contribution in [0, 0.1) is 5.82 Å². The Bertz CT molecular complexity index is 601. The second kappa shape index (κ2) is 5.40. The molecule has 2 heterocycles. The summed E-state index contributed by atoms with van der Waals surface area (Å²) in [5.74, 6) is 0.221. The molecule has 1 atom stereocenters. The van der Waals surface area contributed by atoms with Crippen LogP contribution in [-0.2, 0) is 6.54 Å². The lowest BCUT2D eigenvalue weighted by Gasteiger charge is -2.32. The van der Waals surface area contributed by atoms with E-state index in [1.54, 1.807) is 6.07 Å². The van der Waals surface area contributed by atoms with Gasteiger partial charge in [0.2, 0.25) is 5.95 Å². The Morgan fingerprint density at radius 3 is 2.80 bits per heavy atom. The molecule has 2 aromatic rings. The van der Waals surface area contributed by atoms with Gasteiger partial charge >= 0.3 is 0 Å². The number of nitrogen functional groups attached to an aromatic ring is 1. The lowest BCUT2D eigenvalue weighted by Crippen LogP contribution is -2.39. The molecule has 0 spiro atoms. The number of nitrogens with zero attached hydrogens (tertiary/aromatic N) is 3. The van der Waals surface area contributed by atoms with Gasteiger partial charge in [-0.3, -0.25) is 4.90 Å². The maximum Gasteiger partial charge on any atom is 0.201 e. The average Bonchev–Trinajstić information content (AvgIpc) is 2.76. The van der Waals surface area contributed by atoms with Gasteiger partial charge in [0.05, 0.1) is 11.0 Å². The SMILES string of the molecule is CC(Cn1c(N)nc2ccc(F)cc21)N1CCCCC1. The number of hydrogen-bond acceptors (Lipinski definition) is 3. The van der Waals surface area contributed by atoms with Crippen LogP contribution in [0.4, 0.5) is 10.3 Å². The molecule has 0 aliphatic carbocycles. The zero-order valence-electron chi connectivity index (χ0n) is 11.8. The topological polar surface area (TPSA) is 47.1 Å². The van der Waals surface area contributed by atoms with Crippen LogP contribution in [0.5, 0.6) is 0 Å². The van der Waals surface area contributed by atoms with E-state index in [-0.39, 0.29) is 5.82 Å². The highest BCUT2D eigenvalue weighted by atomic mass is 19.1. The van der Waals surface area contributed by atoms with E-state index < -0.39 is 0 Å². The number of piperidine rings is 1. The summed E-state index contributed by atoms with van der Waals surface area (Å²) in [6.07, 6.45) is 3.85. The lowest BCUT2D eigenvalue weighted by molar-refractivity contribution is 0.161. The summed E-state index contributed by atoms with van der Waals surface area (Å²) in [5, 5.41) is 0. The molecule has 1 unspecified atom stereocenters. The fourth-order valence-electron chi connectivity index (χ4n) is 3.05. The van der Waals surface area contributed by atoms with Crippen LogP contribution >= 0.6 is 0 Å². The molecule has 1 saturated heterocycles. The number of benzene rings is 1. The van der Waals surface area contributed by atoms with E-state index in [1.807, 2.05) is 4.57 Å². The van der Waals surface area contributed by atoms with Crippen molar-refractivity contribution in [1.29, 1.82) is 0 Å². The number of nitrogens with two attached hydrogens (primary N) is 1. The third-order valence-corrected chi connectivity index (χ3v) is 4.20. The van der Waals surface area contributed by atoms with E-state index in [4.69, 9.17) is 5.73 Å². The Hall–Kier alpha value is -1.62. The predicted molar refractivity (Wildman–Crippen MR) is 79.0 cm³/mol. The van der Waals surface area contributed by atoms with Gasteiger partial charge in [-0.1, -0.05) is 6.42 Å². The summed E-state index contributed by atoms with van der Waals surface area (Å²) in [4.78, 5) is 6.79. The molecule has 0 amide bonds. The molecule has 20 heavy (non-hydrogen) atoms. The maximum absolute atomic E-state index is 13.4. The van der Waals surface area contributed by atoms with Gasteiger partial charge in [-0.15, -0.1) is 0 Å². The summed E-state index contributed by atoms with van der Waals surface area (Å²) in [5.41, 5.74) is 7.53. The second-order valence-electron chi connectivity index (χ2n) is 5.66. The quantitative estimate of drug-likeness (QED) is 0.937. The van der Waals surface area contributed by atoms with Crippen molar-refractivity contribution in [2.75, 3.05) is 18.8 Å². The van der Waals surface area contributed by atoms with Crippen LogP contribution in [0.2, 0.25) is 0 Å². The molecule has 3 rings (SSSR count). The van der Waals surface area contributed by atoms with Gasteiger partial charge in [0.15, 0.2) is 0 Å². The van der Waals surface area contributed by atoms with Crippen LogP contribution in [-0.4, -0.2) is 33.6 Å².